The number of benzene rings is 6. The molecule has 0 aromatic heterocycles. The molecule has 284 valence electrons. The standard InChI is InChI=1S/C33H33.C13H8I2.C5H5.2ClH.Zr/c1-32(2,3)30-20-26-24(18-28(30)22-13-9-7-10-14-22)17-25-19-29(23-15-11-8-12-16-23)31(21-27(25)26)33(4,5)6;14-12-5-1-10(2-6-12)9-11-3-7-13(15)8-4-11;1-2-4-5-3-1;;;/h7-21H,1-6H3;1-8H;1-5H;2*1H;/q-1;;-1;;;+2/p-2. The molecule has 8 rings (SSSR count). The summed E-state index contributed by atoms with van der Waals surface area (Å²) in [5, 5.41) is 5.36. The van der Waals surface area contributed by atoms with Gasteiger partial charge < -0.3 is 0 Å². The van der Waals surface area contributed by atoms with E-state index in [4.69, 9.17) is 17.0 Å². The second-order valence-electron chi connectivity index (χ2n) is 16.0. The first-order chi connectivity index (χ1) is 26.7. The van der Waals surface area contributed by atoms with Crippen LogP contribution in [0.25, 0.3) is 43.8 Å². The Morgan fingerprint density at radius 3 is 1.18 bits per heavy atom. The predicted octanol–water partition coefficient (Wildman–Crippen LogP) is 16.4. The summed E-state index contributed by atoms with van der Waals surface area (Å²) in [5.41, 5.74) is 10.5. The first kappa shape index (κ1) is 42.9. The van der Waals surface area contributed by atoms with Gasteiger partial charge in [-0.2, -0.15) is 18.2 Å². The first-order valence-corrected chi connectivity index (χ1v) is 28.5. The molecule has 56 heavy (non-hydrogen) atoms. The summed E-state index contributed by atoms with van der Waals surface area (Å²) in [6, 6.07) is 60.5. The van der Waals surface area contributed by atoms with Gasteiger partial charge in [-0.25, -0.2) is 12.1 Å². The van der Waals surface area contributed by atoms with Crippen molar-refractivity contribution in [2.75, 3.05) is 0 Å². The van der Waals surface area contributed by atoms with E-state index in [1.165, 1.54) is 62.1 Å². The topological polar surface area (TPSA) is 0 Å². The summed E-state index contributed by atoms with van der Waals surface area (Å²) in [6.07, 6.45) is 0. The molecule has 0 radical (unpaired) electrons. The maximum Gasteiger partial charge on any atom is -0.172 e. The summed E-state index contributed by atoms with van der Waals surface area (Å²) < 4.78 is 3.58. The van der Waals surface area contributed by atoms with Crippen LogP contribution in [0.2, 0.25) is 0 Å². The van der Waals surface area contributed by atoms with Crippen LogP contribution < -0.4 is 0 Å². The van der Waals surface area contributed by atoms with Crippen LogP contribution in [-0.4, -0.2) is 3.21 Å². The molecule has 0 aliphatic heterocycles. The minimum atomic E-state index is -2.49. The molecule has 8 aromatic carbocycles. The van der Waals surface area contributed by atoms with E-state index in [2.05, 4.69) is 226 Å². The Labute approximate surface area is 375 Å². The zero-order valence-corrected chi connectivity index (χ0v) is 41.0. The van der Waals surface area contributed by atoms with Crippen molar-refractivity contribution in [3.63, 3.8) is 0 Å². The SMILES string of the molecule is CC(C)(C)c1cc2c(cc1-c1ccccc1)[cH-]c1cc(-c3ccccc3)c(C(C)(C)C)cc12.[Cl][Zr]([Cl])=[C](c1ccc(I)cc1)c1ccc(I)cc1.c1cc[cH-]c1. The van der Waals surface area contributed by atoms with Gasteiger partial charge in [-0.15, -0.1) is 39.7 Å². The van der Waals surface area contributed by atoms with Crippen molar-refractivity contribution in [3.8, 4) is 22.3 Å². The summed E-state index contributed by atoms with van der Waals surface area (Å²) in [6.45, 7) is 13.9. The van der Waals surface area contributed by atoms with Gasteiger partial charge in [-0.3, -0.25) is 0 Å². The predicted molar refractivity (Wildman–Crippen MR) is 261 cm³/mol. The van der Waals surface area contributed by atoms with Crippen molar-refractivity contribution in [2.45, 2.75) is 52.4 Å². The molecule has 0 saturated carbocycles. The van der Waals surface area contributed by atoms with Crippen LogP contribution in [0.3, 0.4) is 0 Å². The Balaban J connectivity index is 0.000000192. The summed E-state index contributed by atoms with van der Waals surface area (Å²) in [5.74, 6) is 0. The molecule has 0 saturated heterocycles. The van der Waals surface area contributed by atoms with E-state index in [1.807, 2.05) is 30.3 Å². The number of halogens is 4. The van der Waals surface area contributed by atoms with Crippen LogP contribution in [0.15, 0.2) is 170 Å². The largest absolute Gasteiger partial charge is 0.214 e. The van der Waals surface area contributed by atoms with Crippen molar-refractivity contribution in [1.82, 2.24) is 0 Å². The van der Waals surface area contributed by atoms with Crippen molar-refractivity contribution in [2.24, 2.45) is 0 Å². The third kappa shape index (κ3) is 10.7. The normalized spacial score (nSPS) is 11.4. The molecule has 0 aliphatic rings. The molecule has 0 N–H and O–H groups in total. The zero-order chi connectivity index (χ0) is 40.0. The Morgan fingerprint density at radius 2 is 0.875 bits per heavy atom. The minimum Gasteiger partial charge on any atom is -0.214 e. The van der Waals surface area contributed by atoms with Gasteiger partial charge in [0, 0.05) is 0 Å². The molecule has 0 nitrogen and oxygen atoms in total. The Morgan fingerprint density at radius 1 is 0.500 bits per heavy atom. The van der Waals surface area contributed by atoms with Crippen LogP contribution in [0, 0.1) is 7.14 Å². The van der Waals surface area contributed by atoms with E-state index in [0.29, 0.717) is 0 Å². The van der Waals surface area contributed by atoms with Gasteiger partial charge in [0.1, 0.15) is 0 Å². The van der Waals surface area contributed by atoms with Crippen LogP contribution >= 0.6 is 62.2 Å². The number of fused-ring (bicyclic) bond motifs is 3. The van der Waals surface area contributed by atoms with Gasteiger partial charge in [-0.1, -0.05) is 114 Å². The summed E-state index contributed by atoms with van der Waals surface area (Å²) >= 11 is 2.11. The molecular weight excluding hydrogens is 1030 g/mol. The molecule has 0 heterocycles. The fraction of sp³-hybridized carbons (Fsp3) is 0.157. The second-order valence-corrected chi connectivity index (χ2v) is 26.6. The molecule has 5 heteroatoms. The summed E-state index contributed by atoms with van der Waals surface area (Å²) in [4.78, 5) is 0. The van der Waals surface area contributed by atoms with Crippen molar-refractivity contribution < 1.29 is 18.9 Å². The Hall–Kier alpha value is -2.67. The number of hydrogen-bond donors (Lipinski definition) is 0. The van der Waals surface area contributed by atoms with E-state index in [9.17, 15) is 0 Å². The molecule has 0 amide bonds. The summed E-state index contributed by atoms with van der Waals surface area (Å²) in [7, 11) is 12.6. The molecule has 0 atom stereocenters. The fourth-order valence-corrected chi connectivity index (χ4v) is 12.2. The van der Waals surface area contributed by atoms with Gasteiger partial charge in [0.15, 0.2) is 0 Å². The zero-order valence-electron chi connectivity index (χ0n) is 32.7. The minimum absolute atomic E-state index is 0.0554. The van der Waals surface area contributed by atoms with E-state index < -0.39 is 18.9 Å². The monoisotopic (exact) mass is 1070 g/mol. The molecular formula is C51H46Cl2I2Zr-2. The second kappa shape index (κ2) is 18.9. The van der Waals surface area contributed by atoms with Crippen LogP contribution in [-0.2, 0) is 29.7 Å². The first-order valence-electron chi connectivity index (χ1n) is 18.8. The number of rotatable bonds is 4. The van der Waals surface area contributed by atoms with E-state index in [-0.39, 0.29) is 10.8 Å². The molecule has 0 bridgehead atoms. The molecule has 0 unspecified atom stereocenters. The average Bonchev–Trinajstić information content (AvgIpc) is 3.88. The van der Waals surface area contributed by atoms with Crippen LogP contribution in [0.1, 0.15) is 63.8 Å². The molecule has 0 fully saturated rings. The Bertz CT molecular complexity index is 2360. The van der Waals surface area contributed by atoms with Gasteiger partial charge in [0.25, 0.3) is 0 Å². The molecule has 0 aliphatic carbocycles. The van der Waals surface area contributed by atoms with Crippen LogP contribution in [0.4, 0.5) is 0 Å². The Kier molecular flexibility index (Phi) is 14.5. The van der Waals surface area contributed by atoms with Gasteiger partial charge in [0.2, 0.25) is 0 Å². The quantitative estimate of drug-likeness (QED) is 0.122. The van der Waals surface area contributed by atoms with Gasteiger partial charge in [-0.05, 0) is 44.2 Å². The third-order valence-corrected chi connectivity index (χ3v) is 15.8. The van der Waals surface area contributed by atoms with Crippen molar-refractivity contribution in [3.05, 3.63) is 199 Å². The molecule has 8 aromatic rings. The van der Waals surface area contributed by atoms with E-state index in [0.717, 1.165) is 14.3 Å². The van der Waals surface area contributed by atoms with Crippen molar-refractivity contribution in [1.29, 1.82) is 0 Å². The van der Waals surface area contributed by atoms with E-state index in [1.54, 1.807) is 0 Å². The average molecular weight is 1070 g/mol. The van der Waals surface area contributed by atoms with Gasteiger partial charge >= 0.3 is 151 Å². The van der Waals surface area contributed by atoms with Crippen LogP contribution in [0.5, 0.6) is 0 Å². The molecule has 0 spiro atoms. The van der Waals surface area contributed by atoms with Crippen molar-refractivity contribution >= 4 is 87.0 Å². The third-order valence-electron chi connectivity index (χ3n) is 9.78. The van der Waals surface area contributed by atoms with Gasteiger partial charge in [0.05, 0.1) is 0 Å². The fourth-order valence-electron chi connectivity index (χ4n) is 7.00. The number of hydrogen-bond acceptors (Lipinski definition) is 0. The van der Waals surface area contributed by atoms with E-state index >= 15 is 0 Å². The maximum atomic E-state index is 6.31. The maximum absolute atomic E-state index is 6.31. The smallest absolute Gasteiger partial charge is 0.172 e.